The molecule has 0 saturated heterocycles. The molecule has 0 atom stereocenters. The van der Waals surface area contributed by atoms with E-state index in [1.807, 2.05) is 66.7 Å². The van der Waals surface area contributed by atoms with E-state index in [-0.39, 0.29) is 12.2 Å². The normalized spacial score (nSPS) is 11.1. The summed E-state index contributed by atoms with van der Waals surface area (Å²) in [6, 6.07) is 20.7. The molecule has 0 aliphatic rings. The van der Waals surface area contributed by atoms with E-state index in [2.05, 4.69) is 5.10 Å². The Kier molecular flexibility index (Phi) is 6.30. The molecule has 2 aromatic carbocycles. The summed E-state index contributed by atoms with van der Waals surface area (Å²) in [5, 5.41) is 15.0. The number of carbonyl (C=O) groups is 1. The number of ether oxygens (including phenoxy) is 1. The highest BCUT2D eigenvalue weighted by molar-refractivity contribution is 5.93. The fourth-order valence-electron chi connectivity index (χ4n) is 1.88. The number of para-hydroxylation sites is 1. The predicted molar refractivity (Wildman–Crippen MR) is 93.3 cm³/mol. The first kappa shape index (κ1) is 17.0. The van der Waals surface area contributed by atoms with E-state index in [1.165, 1.54) is 11.2 Å². The Hall–Kier alpha value is -3.39. The number of hydrogen-bond acceptors (Lipinski definition) is 5. The van der Waals surface area contributed by atoms with Crippen LogP contribution in [-0.4, -0.2) is 18.8 Å². The Morgan fingerprint density at radius 3 is 2.38 bits per heavy atom. The van der Waals surface area contributed by atoms with E-state index in [1.54, 1.807) is 13.1 Å². The molecule has 0 spiro atoms. The molecular weight excluding hydrogens is 302 g/mol. The number of nitrogens with zero attached hydrogens (tertiary/aromatic N) is 3. The van der Waals surface area contributed by atoms with Gasteiger partial charge in [-0.05, 0) is 24.6 Å². The summed E-state index contributed by atoms with van der Waals surface area (Å²) in [6.07, 6.45) is 3.02. The van der Waals surface area contributed by atoms with Gasteiger partial charge in [-0.2, -0.15) is 10.4 Å². The van der Waals surface area contributed by atoms with Crippen molar-refractivity contribution in [1.29, 1.82) is 5.26 Å². The Labute approximate surface area is 141 Å². The van der Waals surface area contributed by atoms with Crippen molar-refractivity contribution < 1.29 is 9.53 Å². The Balaban J connectivity index is 2.35. The topological polar surface area (TPSA) is 65.7 Å². The van der Waals surface area contributed by atoms with Gasteiger partial charge in [0.25, 0.3) is 0 Å². The molecule has 0 fully saturated rings. The van der Waals surface area contributed by atoms with Crippen molar-refractivity contribution in [3.8, 4) is 6.07 Å². The number of rotatable bonds is 6. The van der Waals surface area contributed by atoms with E-state index < -0.39 is 5.97 Å². The fourth-order valence-corrected chi connectivity index (χ4v) is 1.88. The van der Waals surface area contributed by atoms with E-state index in [4.69, 9.17) is 4.74 Å². The molecule has 0 unspecified atom stereocenters. The minimum atomic E-state index is -0.671. The van der Waals surface area contributed by atoms with E-state index >= 15 is 0 Å². The molecule has 24 heavy (non-hydrogen) atoms. The van der Waals surface area contributed by atoms with Crippen molar-refractivity contribution in [3.05, 3.63) is 78.0 Å². The maximum atomic E-state index is 11.8. The molecule has 0 aliphatic carbocycles. The number of anilines is 1. The first-order chi connectivity index (χ1) is 11.7. The summed E-state index contributed by atoms with van der Waals surface area (Å²) in [5.41, 5.74) is 1.51. The zero-order valence-corrected chi connectivity index (χ0v) is 13.3. The highest BCUT2D eigenvalue weighted by atomic mass is 16.5. The Morgan fingerprint density at radius 1 is 1.17 bits per heavy atom. The third-order valence-electron chi connectivity index (χ3n) is 3.02. The van der Waals surface area contributed by atoms with Gasteiger partial charge in [-0.3, -0.25) is 0 Å². The smallest absolute Gasteiger partial charge is 0.350 e. The summed E-state index contributed by atoms with van der Waals surface area (Å²) in [5.74, 6) is -0.671. The minimum Gasteiger partial charge on any atom is -0.462 e. The van der Waals surface area contributed by atoms with Gasteiger partial charge in [0.05, 0.1) is 24.7 Å². The van der Waals surface area contributed by atoms with Gasteiger partial charge in [0, 0.05) is 0 Å². The quantitative estimate of drug-likeness (QED) is 0.269. The second kappa shape index (κ2) is 8.91. The van der Waals surface area contributed by atoms with Gasteiger partial charge in [-0.15, -0.1) is 0 Å². The first-order valence-electron chi connectivity index (χ1n) is 7.47. The Morgan fingerprint density at radius 2 is 1.79 bits per heavy atom. The zero-order valence-electron chi connectivity index (χ0n) is 13.3. The number of carbonyl (C=O) groups excluding carboxylic acids is 1. The van der Waals surface area contributed by atoms with Crippen LogP contribution in [0.5, 0.6) is 0 Å². The van der Waals surface area contributed by atoms with Crippen LogP contribution in [0.25, 0.3) is 0 Å². The van der Waals surface area contributed by atoms with Crippen LogP contribution in [0.2, 0.25) is 0 Å². The monoisotopic (exact) mass is 319 g/mol. The third-order valence-corrected chi connectivity index (χ3v) is 3.02. The number of hydrazone groups is 1. The molecular formula is C19H17N3O2. The van der Waals surface area contributed by atoms with Crippen LogP contribution < -0.4 is 5.01 Å². The van der Waals surface area contributed by atoms with Crippen molar-refractivity contribution in [2.24, 2.45) is 5.10 Å². The molecule has 5 nitrogen and oxygen atoms in total. The molecule has 0 radical (unpaired) electrons. The lowest BCUT2D eigenvalue weighted by Crippen LogP contribution is -2.14. The molecule has 0 amide bonds. The van der Waals surface area contributed by atoms with E-state index in [9.17, 15) is 10.1 Å². The third kappa shape index (κ3) is 4.82. The summed E-state index contributed by atoms with van der Waals surface area (Å²) in [7, 11) is 0. The predicted octanol–water partition coefficient (Wildman–Crippen LogP) is 3.50. The van der Waals surface area contributed by atoms with Crippen LogP contribution in [-0.2, 0) is 9.53 Å². The lowest BCUT2D eigenvalue weighted by Gasteiger charge is -2.14. The van der Waals surface area contributed by atoms with Crippen LogP contribution in [0.1, 0.15) is 12.5 Å². The first-order valence-corrected chi connectivity index (χ1v) is 7.47. The second-order valence-electron chi connectivity index (χ2n) is 4.71. The minimum absolute atomic E-state index is 0.120. The summed E-state index contributed by atoms with van der Waals surface area (Å²) in [4.78, 5) is 11.8. The summed E-state index contributed by atoms with van der Waals surface area (Å²) < 4.78 is 4.89. The van der Waals surface area contributed by atoms with Crippen LogP contribution in [0.4, 0.5) is 5.69 Å². The van der Waals surface area contributed by atoms with Gasteiger partial charge in [0.15, 0.2) is 5.57 Å². The van der Waals surface area contributed by atoms with Crippen LogP contribution in [0, 0.1) is 11.3 Å². The maximum absolute atomic E-state index is 11.8. The number of esters is 1. The highest BCUT2D eigenvalue weighted by Crippen LogP contribution is 2.16. The molecule has 0 saturated carbocycles. The molecule has 120 valence electrons. The number of benzene rings is 2. The lowest BCUT2D eigenvalue weighted by atomic mass is 10.2. The molecule has 5 heteroatoms. The molecule has 0 aliphatic heterocycles. The standard InChI is InChI=1S/C19H17N3O2/c1-2-24-19(23)17(13-20)15-22(18-11-7-4-8-12-18)21-14-16-9-5-3-6-10-16/h3-12,14-15H,2H2,1H3/b17-15+,21-14-. The average Bonchev–Trinajstić information content (AvgIpc) is 2.63. The Bertz CT molecular complexity index is 762. The zero-order chi connectivity index (χ0) is 17.2. The maximum Gasteiger partial charge on any atom is 0.350 e. The number of nitriles is 1. The molecule has 0 N–H and O–H groups in total. The largest absolute Gasteiger partial charge is 0.462 e. The van der Waals surface area contributed by atoms with E-state index in [0.29, 0.717) is 0 Å². The summed E-state index contributed by atoms with van der Waals surface area (Å²) in [6.45, 7) is 1.89. The van der Waals surface area contributed by atoms with Gasteiger partial charge in [0.1, 0.15) is 6.07 Å². The van der Waals surface area contributed by atoms with Gasteiger partial charge in [0.2, 0.25) is 0 Å². The van der Waals surface area contributed by atoms with Crippen molar-refractivity contribution in [2.75, 3.05) is 11.6 Å². The SMILES string of the molecule is CCOC(=O)/C(C#N)=C/N(/N=C\c1ccccc1)c1ccccc1. The van der Waals surface area contributed by atoms with Gasteiger partial charge < -0.3 is 4.74 Å². The van der Waals surface area contributed by atoms with Crippen LogP contribution in [0.3, 0.4) is 0 Å². The molecule has 2 rings (SSSR count). The molecule has 0 heterocycles. The molecule has 0 bridgehead atoms. The second-order valence-corrected chi connectivity index (χ2v) is 4.71. The van der Waals surface area contributed by atoms with Crippen molar-refractivity contribution in [1.82, 2.24) is 0 Å². The van der Waals surface area contributed by atoms with Gasteiger partial charge in [-0.1, -0.05) is 48.5 Å². The summed E-state index contributed by atoms with van der Waals surface area (Å²) >= 11 is 0. The van der Waals surface area contributed by atoms with Crippen molar-refractivity contribution in [2.45, 2.75) is 6.92 Å². The highest BCUT2D eigenvalue weighted by Gasteiger charge is 2.12. The molecule has 0 aromatic heterocycles. The lowest BCUT2D eigenvalue weighted by molar-refractivity contribution is -0.138. The van der Waals surface area contributed by atoms with Crippen molar-refractivity contribution in [3.63, 3.8) is 0 Å². The molecule has 2 aromatic rings. The average molecular weight is 319 g/mol. The van der Waals surface area contributed by atoms with E-state index in [0.717, 1.165) is 11.3 Å². The van der Waals surface area contributed by atoms with Crippen molar-refractivity contribution >= 4 is 17.9 Å². The van der Waals surface area contributed by atoms with Gasteiger partial charge in [-0.25, -0.2) is 9.80 Å². The van der Waals surface area contributed by atoms with Gasteiger partial charge >= 0.3 is 5.97 Å². The fraction of sp³-hybridized carbons (Fsp3) is 0.105. The van der Waals surface area contributed by atoms with Crippen LogP contribution >= 0.6 is 0 Å². The number of hydrogen-bond donors (Lipinski definition) is 0. The van der Waals surface area contributed by atoms with Crippen LogP contribution in [0.15, 0.2) is 77.5 Å².